The molecule has 1 aliphatic carbocycles. The molecule has 1 aliphatic rings. The summed E-state index contributed by atoms with van der Waals surface area (Å²) in [5, 5.41) is 1.62. The molecule has 0 bridgehead atoms. The molecule has 0 aliphatic heterocycles. The monoisotopic (exact) mass is 304 g/mol. The zero-order valence-electron chi connectivity index (χ0n) is 11.2. The maximum absolute atomic E-state index is 5.78. The lowest BCUT2D eigenvalue weighted by Gasteiger charge is -2.05. The lowest BCUT2D eigenvalue weighted by atomic mass is 10.1. The molecule has 6 heteroatoms. The number of rotatable bonds is 5. The largest absolute Gasteiger partial charge is 0.384 e. The first-order valence-electron chi connectivity index (χ1n) is 6.51. The third kappa shape index (κ3) is 3.43. The zero-order valence-corrected chi connectivity index (χ0v) is 12.9. The molecule has 2 heterocycles. The topological polar surface area (TPSA) is 64.7 Å². The van der Waals surface area contributed by atoms with Crippen LogP contribution in [-0.4, -0.2) is 21.2 Å². The predicted octanol–water partition coefficient (Wildman–Crippen LogP) is 3.35. The number of pyridine rings is 1. The highest BCUT2D eigenvalue weighted by molar-refractivity contribution is 7.99. The third-order valence-corrected chi connectivity index (χ3v) is 4.66. The number of thioether (sulfide) groups is 2. The van der Waals surface area contributed by atoms with Crippen LogP contribution in [0.2, 0.25) is 0 Å². The summed E-state index contributed by atoms with van der Waals surface area (Å²) < 4.78 is 0. The van der Waals surface area contributed by atoms with Crippen LogP contribution in [0, 0.1) is 0 Å². The molecule has 0 saturated heterocycles. The number of nitrogens with two attached hydrogens (primary N) is 1. The van der Waals surface area contributed by atoms with Gasteiger partial charge < -0.3 is 5.73 Å². The molecule has 0 aromatic carbocycles. The van der Waals surface area contributed by atoms with E-state index in [0.717, 1.165) is 22.4 Å². The highest BCUT2D eigenvalue weighted by Gasteiger charge is 2.23. The Morgan fingerprint density at radius 2 is 2.15 bits per heavy atom. The van der Waals surface area contributed by atoms with Gasteiger partial charge >= 0.3 is 0 Å². The first-order valence-corrected chi connectivity index (χ1v) is 8.72. The average molecular weight is 304 g/mol. The molecule has 1 saturated carbocycles. The Morgan fingerprint density at radius 1 is 1.30 bits per heavy atom. The van der Waals surface area contributed by atoms with E-state index >= 15 is 0 Å². The molecule has 0 atom stereocenters. The normalized spacial score (nSPS) is 14.4. The molecule has 20 heavy (non-hydrogen) atoms. The van der Waals surface area contributed by atoms with Gasteiger partial charge in [-0.1, -0.05) is 11.8 Å². The highest BCUT2D eigenvalue weighted by atomic mass is 32.2. The van der Waals surface area contributed by atoms with Gasteiger partial charge in [0.15, 0.2) is 5.16 Å². The van der Waals surface area contributed by atoms with Crippen molar-refractivity contribution in [1.82, 2.24) is 15.0 Å². The van der Waals surface area contributed by atoms with Crippen molar-refractivity contribution >= 4 is 29.3 Å². The Labute approximate surface area is 127 Å². The Hall–Kier alpha value is -1.27. The molecular formula is C14H16N4S2. The fourth-order valence-electron chi connectivity index (χ4n) is 1.97. The van der Waals surface area contributed by atoms with Gasteiger partial charge in [-0.25, -0.2) is 9.97 Å². The van der Waals surface area contributed by atoms with Gasteiger partial charge in [0.2, 0.25) is 0 Å². The van der Waals surface area contributed by atoms with Crippen LogP contribution in [0.4, 0.5) is 5.82 Å². The molecule has 3 rings (SSSR count). The molecule has 2 aromatic heterocycles. The van der Waals surface area contributed by atoms with E-state index in [0.29, 0.717) is 11.0 Å². The van der Waals surface area contributed by atoms with Crippen molar-refractivity contribution in [1.29, 1.82) is 0 Å². The van der Waals surface area contributed by atoms with Gasteiger partial charge in [-0.3, -0.25) is 4.98 Å². The molecule has 104 valence electrons. The fourth-order valence-corrected chi connectivity index (χ4v) is 3.22. The summed E-state index contributed by atoms with van der Waals surface area (Å²) in [5.41, 5.74) is 8.27. The summed E-state index contributed by atoms with van der Waals surface area (Å²) in [5.74, 6) is 2.05. The molecule has 0 unspecified atom stereocenters. The van der Waals surface area contributed by atoms with Crippen molar-refractivity contribution in [2.75, 3.05) is 12.0 Å². The van der Waals surface area contributed by atoms with Crippen molar-refractivity contribution < 1.29 is 0 Å². The second-order valence-corrected chi connectivity index (χ2v) is 6.53. The van der Waals surface area contributed by atoms with Gasteiger partial charge in [0.1, 0.15) is 10.8 Å². The van der Waals surface area contributed by atoms with E-state index in [1.54, 1.807) is 29.6 Å². The van der Waals surface area contributed by atoms with Crippen molar-refractivity contribution in [3.05, 3.63) is 35.7 Å². The number of nitrogen functional groups attached to an aromatic ring is 1. The van der Waals surface area contributed by atoms with Gasteiger partial charge in [0, 0.05) is 18.0 Å². The highest BCUT2D eigenvalue weighted by Crippen LogP contribution is 2.40. The van der Waals surface area contributed by atoms with Crippen molar-refractivity contribution in [2.45, 2.75) is 34.7 Å². The van der Waals surface area contributed by atoms with Gasteiger partial charge in [-0.05, 0) is 42.7 Å². The van der Waals surface area contributed by atoms with Crippen LogP contribution in [0.5, 0.6) is 0 Å². The van der Waals surface area contributed by atoms with Gasteiger partial charge in [-0.15, -0.1) is 11.8 Å². The molecular weight excluding hydrogens is 288 g/mol. The minimum atomic E-state index is 0.520. The molecule has 0 spiro atoms. The minimum Gasteiger partial charge on any atom is -0.384 e. The minimum absolute atomic E-state index is 0.520. The Morgan fingerprint density at radius 3 is 2.90 bits per heavy atom. The van der Waals surface area contributed by atoms with Crippen molar-refractivity contribution in [2.24, 2.45) is 0 Å². The fraction of sp³-hybridized carbons (Fsp3) is 0.357. The SMILES string of the molecule is CSc1cc(N)nc(SCc2cc(C3CC3)ccn2)n1. The summed E-state index contributed by atoms with van der Waals surface area (Å²) in [6, 6.07) is 6.11. The first kappa shape index (κ1) is 13.7. The number of aromatic nitrogens is 3. The summed E-state index contributed by atoms with van der Waals surface area (Å²) >= 11 is 3.15. The van der Waals surface area contributed by atoms with Crippen LogP contribution < -0.4 is 5.73 Å². The Kier molecular flexibility index (Phi) is 4.12. The van der Waals surface area contributed by atoms with E-state index in [9.17, 15) is 0 Å². The van der Waals surface area contributed by atoms with Gasteiger partial charge in [0.25, 0.3) is 0 Å². The zero-order chi connectivity index (χ0) is 13.9. The molecule has 2 aromatic rings. The van der Waals surface area contributed by atoms with Crippen molar-refractivity contribution in [3.63, 3.8) is 0 Å². The van der Waals surface area contributed by atoms with E-state index in [1.807, 2.05) is 12.5 Å². The Balaban J connectivity index is 1.69. The maximum Gasteiger partial charge on any atom is 0.190 e. The van der Waals surface area contributed by atoms with Gasteiger partial charge in [0.05, 0.1) is 5.69 Å². The first-order chi connectivity index (χ1) is 9.74. The van der Waals surface area contributed by atoms with E-state index in [2.05, 4.69) is 27.1 Å². The standard InChI is InChI=1S/C14H16N4S2/c1-19-13-7-12(15)17-14(18-13)20-8-11-6-10(4-5-16-11)9-2-3-9/h4-7,9H,2-3,8H2,1H3,(H2,15,17,18). The van der Waals surface area contributed by atoms with Gasteiger partial charge in [-0.2, -0.15) is 0 Å². The number of hydrogen-bond donors (Lipinski definition) is 1. The summed E-state index contributed by atoms with van der Waals surface area (Å²) in [7, 11) is 0. The van der Waals surface area contributed by atoms with Crippen LogP contribution >= 0.6 is 23.5 Å². The van der Waals surface area contributed by atoms with Crippen LogP contribution in [0.25, 0.3) is 0 Å². The lowest BCUT2D eigenvalue weighted by molar-refractivity contribution is 0.899. The predicted molar refractivity (Wildman–Crippen MR) is 84.0 cm³/mol. The van der Waals surface area contributed by atoms with E-state index < -0.39 is 0 Å². The molecule has 0 amide bonds. The number of hydrogen-bond acceptors (Lipinski definition) is 6. The summed E-state index contributed by atoms with van der Waals surface area (Å²) in [4.78, 5) is 13.1. The number of anilines is 1. The molecule has 1 fully saturated rings. The third-order valence-electron chi connectivity index (χ3n) is 3.15. The molecule has 4 nitrogen and oxygen atoms in total. The van der Waals surface area contributed by atoms with E-state index in [-0.39, 0.29) is 0 Å². The van der Waals surface area contributed by atoms with Crippen molar-refractivity contribution in [3.8, 4) is 0 Å². The second-order valence-electron chi connectivity index (χ2n) is 4.76. The van der Waals surface area contributed by atoms with Crippen LogP contribution in [-0.2, 0) is 5.75 Å². The second kappa shape index (κ2) is 6.01. The lowest BCUT2D eigenvalue weighted by Crippen LogP contribution is -1.97. The maximum atomic E-state index is 5.78. The summed E-state index contributed by atoms with van der Waals surface area (Å²) in [6.45, 7) is 0. The quantitative estimate of drug-likeness (QED) is 0.519. The van der Waals surface area contributed by atoms with Crippen LogP contribution in [0.1, 0.15) is 30.0 Å². The molecule has 2 N–H and O–H groups in total. The van der Waals surface area contributed by atoms with E-state index in [1.165, 1.54) is 18.4 Å². The van der Waals surface area contributed by atoms with Crippen LogP contribution in [0.15, 0.2) is 34.6 Å². The van der Waals surface area contributed by atoms with E-state index in [4.69, 9.17) is 5.73 Å². The summed E-state index contributed by atoms with van der Waals surface area (Å²) in [6.07, 6.45) is 6.51. The number of nitrogens with zero attached hydrogens (tertiary/aromatic N) is 3. The Bertz CT molecular complexity index is 614. The molecule has 0 radical (unpaired) electrons. The smallest absolute Gasteiger partial charge is 0.190 e. The van der Waals surface area contributed by atoms with Crippen LogP contribution in [0.3, 0.4) is 0 Å². The average Bonchev–Trinajstić information content (AvgIpc) is 3.29.